The van der Waals surface area contributed by atoms with Gasteiger partial charge in [0, 0.05) is 43.9 Å². The maximum Gasteiger partial charge on any atom is 0.407 e. The zero-order chi connectivity index (χ0) is 15.9. The Morgan fingerprint density at radius 2 is 1.95 bits per heavy atom. The molecule has 0 bridgehead atoms. The van der Waals surface area contributed by atoms with E-state index in [2.05, 4.69) is 21.9 Å². The van der Waals surface area contributed by atoms with Gasteiger partial charge in [-0.1, -0.05) is 11.6 Å². The van der Waals surface area contributed by atoms with E-state index in [1.165, 1.54) is 10.6 Å². The van der Waals surface area contributed by atoms with Crippen LogP contribution in [-0.2, 0) is 0 Å². The van der Waals surface area contributed by atoms with Crippen molar-refractivity contribution in [3.05, 3.63) is 29.3 Å². The van der Waals surface area contributed by atoms with Gasteiger partial charge in [-0.15, -0.1) is 0 Å². The second kappa shape index (κ2) is 8.25. The minimum atomic E-state index is -0.857. The molecule has 0 spiro atoms. The van der Waals surface area contributed by atoms with Crippen LogP contribution in [0.4, 0.5) is 10.5 Å². The van der Waals surface area contributed by atoms with Gasteiger partial charge in [0.15, 0.2) is 0 Å². The topological polar surface area (TPSA) is 47.0 Å². The molecule has 122 valence electrons. The molecule has 22 heavy (non-hydrogen) atoms. The van der Waals surface area contributed by atoms with Gasteiger partial charge in [0.05, 0.1) is 0 Å². The molecule has 1 aromatic carbocycles. The quantitative estimate of drug-likeness (QED) is 0.904. The molecule has 0 aliphatic carbocycles. The van der Waals surface area contributed by atoms with Gasteiger partial charge in [-0.25, -0.2) is 4.79 Å². The number of amides is 1. The number of benzene rings is 1. The number of carboxylic acid groups (broad SMARTS) is 1. The lowest BCUT2D eigenvalue weighted by atomic mass is 10.2. The van der Waals surface area contributed by atoms with Crippen molar-refractivity contribution in [2.75, 3.05) is 51.2 Å². The summed E-state index contributed by atoms with van der Waals surface area (Å²) in [6.07, 6.45) is 1.14. The molecule has 1 aliphatic rings. The van der Waals surface area contributed by atoms with Crippen molar-refractivity contribution in [2.24, 2.45) is 0 Å². The highest BCUT2D eigenvalue weighted by Crippen LogP contribution is 2.19. The van der Waals surface area contributed by atoms with Gasteiger partial charge in [-0.2, -0.15) is 0 Å². The summed E-state index contributed by atoms with van der Waals surface area (Å²) in [7, 11) is 1.62. The van der Waals surface area contributed by atoms with Crippen LogP contribution in [0.15, 0.2) is 24.3 Å². The first-order valence-corrected chi connectivity index (χ1v) is 8.11. The smallest absolute Gasteiger partial charge is 0.407 e. The highest BCUT2D eigenvalue weighted by atomic mass is 35.5. The lowest BCUT2D eigenvalue weighted by molar-refractivity contribution is 0.153. The summed E-state index contributed by atoms with van der Waals surface area (Å²) in [6, 6.07) is 8.00. The van der Waals surface area contributed by atoms with Crippen LogP contribution in [0.2, 0.25) is 5.02 Å². The molecule has 2 rings (SSSR count). The number of anilines is 1. The van der Waals surface area contributed by atoms with Gasteiger partial charge in [0.1, 0.15) is 0 Å². The van der Waals surface area contributed by atoms with Crippen molar-refractivity contribution in [2.45, 2.75) is 12.8 Å². The van der Waals surface area contributed by atoms with Gasteiger partial charge >= 0.3 is 6.09 Å². The summed E-state index contributed by atoms with van der Waals surface area (Å²) >= 11 is 5.94. The highest BCUT2D eigenvalue weighted by Gasteiger charge is 2.15. The second-order valence-electron chi connectivity index (χ2n) is 5.72. The van der Waals surface area contributed by atoms with E-state index in [0.717, 1.165) is 50.6 Å². The Bertz CT molecular complexity index is 481. The molecule has 1 amide bonds. The number of halogens is 1. The van der Waals surface area contributed by atoms with E-state index in [9.17, 15) is 4.79 Å². The van der Waals surface area contributed by atoms with Crippen molar-refractivity contribution in [3.8, 4) is 0 Å². The third kappa shape index (κ3) is 5.07. The van der Waals surface area contributed by atoms with E-state index in [-0.39, 0.29) is 0 Å². The van der Waals surface area contributed by atoms with Crippen LogP contribution < -0.4 is 4.90 Å². The van der Waals surface area contributed by atoms with Crippen molar-refractivity contribution >= 4 is 23.4 Å². The minimum absolute atomic E-state index is 0.590. The van der Waals surface area contributed by atoms with Crippen LogP contribution >= 0.6 is 11.6 Å². The Labute approximate surface area is 137 Å². The van der Waals surface area contributed by atoms with Crippen molar-refractivity contribution < 1.29 is 9.90 Å². The largest absolute Gasteiger partial charge is 0.465 e. The Hall–Kier alpha value is -1.46. The molecule has 1 saturated heterocycles. The summed E-state index contributed by atoms with van der Waals surface area (Å²) in [6.45, 7) is 5.67. The van der Waals surface area contributed by atoms with E-state index >= 15 is 0 Å². The standard InChI is InChI=1S/C16H24ClN3O2/c1-18(16(21)22)8-2-9-19-10-3-11-20(13-12-19)15-6-4-14(17)5-7-15/h4-7H,2-3,8-13H2,1H3,(H,21,22). The highest BCUT2D eigenvalue weighted by molar-refractivity contribution is 6.30. The molecule has 0 radical (unpaired) electrons. The van der Waals surface area contributed by atoms with Crippen LogP contribution in [0.25, 0.3) is 0 Å². The Balaban J connectivity index is 1.77. The van der Waals surface area contributed by atoms with Gasteiger partial charge in [0.25, 0.3) is 0 Å². The number of hydrogen-bond acceptors (Lipinski definition) is 3. The van der Waals surface area contributed by atoms with Crippen LogP contribution in [-0.4, -0.2) is 67.3 Å². The summed E-state index contributed by atoms with van der Waals surface area (Å²) < 4.78 is 0. The molecule has 0 saturated carbocycles. The van der Waals surface area contributed by atoms with Gasteiger partial charge < -0.3 is 19.8 Å². The lowest BCUT2D eigenvalue weighted by Gasteiger charge is -2.24. The van der Waals surface area contributed by atoms with Gasteiger partial charge in [-0.05, 0) is 50.2 Å². The molecule has 1 aromatic rings. The molecule has 6 heteroatoms. The molecule has 1 fully saturated rings. The molecule has 5 nitrogen and oxygen atoms in total. The fraction of sp³-hybridized carbons (Fsp3) is 0.562. The SMILES string of the molecule is CN(CCCN1CCCN(c2ccc(Cl)cc2)CC1)C(=O)O. The molecule has 1 heterocycles. The van der Waals surface area contributed by atoms with Crippen molar-refractivity contribution in [3.63, 3.8) is 0 Å². The maximum absolute atomic E-state index is 10.8. The first-order valence-electron chi connectivity index (χ1n) is 7.73. The molecule has 1 aliphatic heterocycles. The third-order valence-electron chi connectivity index (χ3n) is 4.07. The van der Waals surface area contributed by atoms with Crippen molar-refractivity contribution in [1.29, 1.82) is 0 Å². The third-order valence-corrected chi connectivity index (χ3v) is 4.33. The zero-order valence-corrected chi connectivity index (χ0v) is 13.8. The fourth-order valence-corrected chi connectivity index (χ4v) is 2.86. The molecule has 0 atom stereocenters. The summed E-state index contributed by atoms with van der Waals surface area (Å²) in [5.41, 5.74) is 1.22. The predicted octanol–water partition coefficient (Wildman–Crippen LogP) is 2.85. The second-order valence-corrected chi connectivity index (χ2v) is 6.15. The van der Waals surface area contributed by atoms with Crippen LogP contribution in [0, 0.1) is 0 Å². The summed E-state index contributed by atoms with van der Waals surface area (Å²) in [4.78, 5) is 16.9. The summed E-state index contributed by atoms with van der Waals surface area (Å²) in [5, 5.41) is 9.61. The van der Waals surface area contributed by atoms with E-state index in [0.29, 0.717) is 6.54 Å². The van der Waals surface area contributed by atoms with Crippen LogP contribution in [0.5, 0.6) is 0 Å². The Kier molecular flexibility index (Phi) is 6.34. The molecule has 1 N–H and O–H groups in total. The number of carbonyl (C=O) groups is 1. The fourth-order valence-electron chi connectivity index (χ4n) is 2.73. The first-order chi connectivity index (χ1) is 10.6. The molecule has 0 aromatic heterocycles. The molecule has 0 unspecified atom stereocenters. The predicted molar refractivity (Wildman–Crippen MR) is 90.0 cm³/mol. The Morgan fingerprint density at radius 3 is 2.64 bits per heavy atom. The minimum Gasteiger partial charge on any atom is -0.465 e. The van der Waals surface area contributed by atoms with E-state index in [1.54, 1.807) is 7.05 Å². The van der Waals surface area contributed by atoms with Crippen LogP contribution in [0.3, 0.4) is 0 Å². The summed E-state index contributed by atoms with van der Waals surface area (Å²) in [5.74, 6) is 0. The number of hydrogen-bond donors (Lipinski definition) is 1. The van der Waals surface area contributed by atoms with E-state index in [1.807, 2.05) is 12.1 Å². The van der Waals surface area contributed by atoms with Gasteiger partial charge in [0.2, 0.25) is 0 Å². The van der Waals surface area contributed by atoms with E-state index < -0.39 is 6.09 Å². The van der Waals surface area contributed by atoms with Crippen molar-refractivity contribution in [1.82, 2.24) is 9.80 Å². The molecular formula is C16H24ClN3O2. The molecular weight excluding hydrogens is 302 g/mol. The van der Waals surface area contributed by atoms with Crippen LogP contribution in [0.1, 0.15) is 12.8 Å². The Morgan fingerprint density at radius 1 is 1.23 bits per heavy atom. The normalized spacial score (nSPS) is 16.4. The average molecular weight is 326 g/mol. The monoisotopic (exact) mass is 325 g/mol. The lowest BCUT2D eigenvalue weighted by Crippen LogP contribution is -2.33. The number of nitrogens with zero attached hydrogens (tertiary/aromatic N) is 3. The number of rotatable bonds is 5. The average Bonchev–Trinajstić information content (AvgIpc) is 2.73. The zero-order valence-electron chi connectivity index (χ0n) is 13.0. The maximum atomic E-state index is 10.8. The van der Waals surface area contributed by atoms with E-state index in [4.69, 9.17) is 16.7 Å². The van der Waals surface area contributed by atoms with Gasteiger partial charge in [-0.3, -0.25) is 0 Å². The first kappa shape index (κ1) is 16.9.